The Labute approximate surface area is 165 Å². The number of hydrogen-bond acceptors (Lipinski definition) is 5. The molecule has 5 nitrogen and oxygen atoms in total. The average molecular weight is 413 g/mol. The van der Waals surface area contributed by atoms with Crippen LogP contribution in [0.3, 0.4) is 0 Å². The zero-order valence-electron chi connectivity index (χ0n) is 14.3. The molecule has 8 heteroatoms. The molecule has 0 unspecified atom stereocenters. The summed E-state index contributed by atoms with van der Waals surface area (Å²) in [6, 6.07) is 7.57. The summed E-state index contributed by atoms with van der Waals surface area (Å²) in [5, 5.41) is 5.30. The van der Waals surface area contributed by atoms with E-state index < -0.39 is 15.7 Å². The average Bonchev–Trinajstić information content (AvgIpc) is 2.91. The minimum Gasteiger partial charge on any atom is -0.459 e. The molecule has 1 amide bonds. The highest BCUT2D eigenvalue weighted by Crippen LogP contribution is 2.64. The van der Waals surface area contributed by atoms with E-state index in [-0.39, 0.29) is 18.9 Å². The van der Waals surface area contributed by atoms with Crippen LogP contribution in [0.25, 0.3) is 0 Å². The number of amides is 1. The quantitative estimate of drug-likeness (QED) is 0.568. The zero-order valence-corrected chi connectivity index (χ0v) is 16.7. The smallest absolute Gasteiger partial charge is 0.315 e. The van der Waals surface area contributed by atoms with Crippen molar-refractivity contribution in [1.82, 2.24) is 4.98 Å². The molecule has 0 radical (unpaired) electrons. The SMILES string of the molecule is Cc1ccccc1NC(=O)Cc1nc(COC(=O)[C@]2(C)CC2(Cl)Cl)cs1. The number of alkyl halides is 2. The Kier molecular flexibility index (Phi) is 5.28. The molecule has 0 saturated heterocycles. The first kappa shape index (κ1) is 19.1. The van der Waals surface area contributed by atoms with Crippen LogP contribution in [0.15, 0.2) is 29.6 Å². The minimum atomic E-state index is -1.05. The van der Waals surface area contributed by atoms with Crippen molar-refractivity contribution >= 4 is 52.1 Å². The van der Waals surface area contributed by atoms with Gasteiger partial charge in [-0.25, -0.2) is 4.98 Å². The first-order valence-electron chi connectivity index (χ1n) is 8.05. The summed E-state index contributed by atoms with van der Waals surface area (Å²) in [7, 11) is 0. The van der Waals surface area contributed by atoms with Crippen LogP contribution in [-0.4, -0.2) is 21.2 Å². The molecule has 1 fully saturated rings. The molecule has 1 heterocycles. The van der Waals surface area contributed by atoms with Crippen molar-refractivity contribution < 1.29 is 14.3 Å². The van der Waals surface area contributed by atoms with E-state index in [9.17, 15) is 9.59 Å². The fraction of sp³-hybridized carbons (Fsp3) is 0.389. The lowest BCUT2D eigenvalue weighted by atomic mass is 10.1. The number of ether oxygens (including phenoxy) is 1. The highest BCUT2D eigenvalue weighted by Gasteiger charge is 2.69. The van der Waals surface area contributed by atoms with Crippen molar-refractivity contribution in [3.05, 3.63) is 45.9 Å². The van der Waals surface area contributed by atoms with Crippen LogP contribution in [0.1, 0.15) is 29.6 Å². The number of nitrogens with one attached hydrogen (secondary N) is 1. The molecule has 1 N–H and O–H groups in total. The summed E-state index contributed by atoms with van der Waals surface area (Å²) in [4.78, 5) is 28.6. The van der Waals surface area contributed by atoms with Crippen LogP contribution in [0.5, 0.6) is 0 Å². The molecule has 138 valence electrons. The van der Waals surface area contributed by atoms with Crippen molar-refractivity contribution in [3.8, 4) is 0 Å². The number of carbonyl (C=O) groups excluding carboxylic acids is 2. The Balaban J connectivity index is 1.51. The molecule has 1 aromatic carbocycles. The number of rotatable bonds is 6. The van der Waals surface area contributed by atoms with E-state index in [1.807, 2.05) is 31.2 Å². The monoisotopic (exact) mass is 412 g/mol. The number of hydrogen-bond donors (Lipinski definition) is 1. The van der Waals surface area contributed by atoms with Gasteiger partial charge in [-0.2, -0.15) is 0 Å². The number of thiazole rings is 1. The number of esters is 1. The van der Waals surface area contributed by atoms with Crippen molar-refractivity contribution in [2.45, 2.75) is 37.6 Å². The maximum Gasteiger partial charge on any atom is 0.315 e. The molecule has 26 heavy (non-hydrogen) atoms. The van der Waals surface area contributed by atoms with Gasteiger partial charge in [0.15, 0.2) is 0 Å². The number of aromatic nitrogens is 1. The van der Waals surface area contributed by atoms with Gasteiger partial charge < -0.3 is 10.1 Å². The van der Waals surface area contributed by atoms with Crippen molar-refractivity contribution in [1.29, 1.82) is 0 Å². The lowest BCUT2D eigenvalue weighted by Crippen LogP contribution is -2.21. The van der Waals surface area contributed by atoms with Crippen molar-refractivity contribution in [2.24, 2.45) is 5.41 Å². The van der Waals surface area contributed by atoms with E-state index >= 15 is 0 Å². The number of carbonyl (C=O) groups is 2. The van der Waals surface area contributed by atoms with E-state index in [4.69, 9.17) is 27.9 Å². The number of para-hydroxylation sites is 1. The van der Waals surface area contributed by atoms with Crippen LogP contribution in [0, 0.1) is 12.3 Å². The maximum absolute atomic E-state index is 12.2. The number of aryl methyl sites for hydroxylation is 1. The molecular weight excluding hydrogens is 395 g/mol. The Morgan fingerprint density at radius 1 is 1.35 bits per heavy atom. The van der Waals surface area contributed by atoms with Gasteiger partial charge in [0.05, 0.1) is 12.1 Å². The van der Waals surface area contributed by atoms with Gasteiger partial charge in [-0.15, -0.1) is 34.5 Å². The highest BCUT2D eigenvalue weighted by molar-refractivity contribution is 7.09. The molecule has 1 aliphatic rings. The molecule has 1 aliphatic carbocycles. The lowest BCUT2D eigenvalue weighted by Gasteiger charge is -2.10. The summed E-state index contributed by atoms with van der Waals surface area (Å²) in [5.74, 6) is -0.578. The normalized spacial score (nSPS) is 20.5. The zero-order chi connectivity index (χ0) is 18.9. The van der Waals surface area contributed by atoms with E-state index in [0.717, 1.165) is 11.3 Å². The molecule has 0 bridgehead atoms. The predicted octanol–water partition coefficient (Wildman–Crippen LogP) is 4.26. The van der Waals surface area contributed by atoms with Gasteiger partial charge in [0, 0.05) is 17.5 Å². The Bertz CT molecular complexity index is 852. The van der Waals surface area contributed by atoms with E-state index in [0.29, 0.717) is 17.1 Å². The molecule has 3 rings (SSSR count). The van der Waals surface area contributed by atoms with Crippen molar-refractivity contribution in [3.63, 3.8) is 0 Å². The van der Waals surface area contributed by atoms with Gasteiger partial charge in [0.25, 0.3) is 0 Å². The van der Waals surface area contributed by atoms with E-state index in [1.165, 1.54) is 11.3 Å². The summed E-state index contributed by atoms with van der Waals surface area (Å²) < 4.78 is 4.21. The minimum absolute atomic E-state index is 0.0359. The number of benzene rings is 1. The van der Waals surface area contributed by atoms with Crippen LogP contribution in [0.2, 0.25) is 0 Å². The lowest BCUT2D eigenvalue weighted by molar-refractivity contribution is -0.151. The molecular formula is C18H18Cl2N2O3S. The standard InChI is InChI=1S/C18H18Cl2N2O3S/c1-11-5-3-4-6-13(11)22-14(23)7-15-21-12(9-26-15)8-25-16(24)17(2)10-18(17,19)20/h3-6,9H,7-8,10H2,1-2H3,(H,22,23)/t17-/m0/s1. The van der Waals surface area contributed by atoms with Gasteiger partial charge in [0.2, 0.25) is 5.91 Å². The van der Waals surface area contributed by atoms with Crippen molar-refractivity contribution in [2.75, 3.05) is 5.32 Å². The Hall–Kier alpha value is -1.63. The summed E-state index contributed by atoms with van der Waals surface area (Å²) in [6.07, 6.45) is 0.542. The molecule has 1 saturated carbocycles. The van der Waals surface area contributed by atoms with Gasteiger partial charge in [-0.3, -0.25) is 9.59 Å². The highest BCUT2D eigenvalue weighted by atomic mass is 35.5. The Morgan fingerprint density at radius 3 is 2.69 bits per heavy atom. The third-order valence-corrected chi connectivity index (χ3v) is 6.39. The molecule has 2 aromatic rings. The van der Waals surface area contributed by atoms with Crippen LogP contribution < -0.4 is 5.32 Å². The molecule has 0 spiro atoms. The summed E-state index contributed by atoms with van der Waals surface area (Å²) >= 11 is 13.3. The van der Waals surface area contributed by atoms with E-state index in [1.54, 1.807) is 12.3 Å². The second-order valence-electron chi connectivity index (χ2n) is 6.56. The van der Waals surface area contributed by atoms with Crippen LogP contribution in [0.4, 0.5) is 5.69 Å². The largest absolute Gasteiger partial charge is 0.459 e. The number of nitrogens with zero attached hydrogens (tertiary/aromatic N) is 1. The Morgan fingerprint density at radius 2 is 2.04 bits per heavy atom. The van der Waals surface area contributed by atoms with Crippen LogP contribution >= 0.6 is 34.5 Å². The molecule has 0 aliphatic heterocycles. The van der Waals surface area contributed by atoms with Gasteiger partial charge >= 0.3 is 5.97 Å². The fourth-order valence-corrected chi connectivity index (χ4v) is 3.93. The second-order valence-corrected chi connectivity index (χ2v) is 8.99. The number of halogens is 2. The third-order valence-electron chi connectivity index (χ3n) is 4.39. The van der Waals surface area contributed by atoms with Crippen LogP contribution in [-0.2, 0) is 27.4 Å². The predicted molar refractivity (Wildman–Crippen MR) is 103 cm³/mol. The first-order chi connectivity index (χ1) is 12.2. The maximum atomic E-state index is 12.2. The topological polar surface area (TPSA) is 68.3 Å². The van der Waals surface area contributed by atoms with E-state index in [2.05, 4.69) is 10.3 Å². The summed E-state index contributed by atoms with van der Waals surface area (Å²) in [6.45, 7) is 3.65. The molecule has 1 atom stereocenters. The fourth-order valence-electron chi connectivity index (χ4n) is 2.46. The number of anilines is 1. The third kappa shape index (κ3) is 4.03. The summed E-state index contributed by atoms with van der Waals surface area (Å²) in [5.41, 5.74) is 1.52. The second kappa shape index (κ2) is 7.18. The first-order valence-corrected chi connectivity index (χ1v) is 9.69. The van der Waals surface area contributed by atoms with Gasteiger partial charge in [0.1, 0.15) is 21.4 Å². The van der Waals surface area contributed by atoms with Gasteiger partial charge in [-0.1, -0.05) is 18.2 Å². The van der Waals surface area contributed by atoms with Gasteiger partial charge in [-0.05, 0) is 25.5 Å². The molecule has 1 aromatic heterocycles.